The highest BCUT2D eigenvalue weighted by Crippen LogP contribution is 2.27. The van der Waals surface area contributed by atoms with Gasteiger partial charge in [0.15, 0.2) is 0 Å². The molecule has 0 bridgehead atoms. The molecular weight excluding hydrogens is 347 g/mol. The first kappa shape index (κ1) is 18.8. The number of aromatic nitrogens is 3. The van der Waals surface area contributed by atoms with Crippen molar-refractivity contribution in [2.75, 3.05) is 0 Å². The monoisotopic (exact) mass is 370 g/mol. The first-order chi connectivity index (χ1) is 12.9. The molecule has 0 aliphatic rings. The molecule has 0 fully saturated rings. The molecule has 1 N–H and O–H groups in total. The van der Waals surface area contributed by atoms with Crippen LogP contribution in [-0.2, 0) is 11.3 Å². The van der Waals surface area contributed by atoms with E-state index in [2.05, 4.69) is 15.5 Å². The summed E-state index contributed by atoms with van der Waals surface area (Å²) in [6, 6.07) is 7.98. The van der Waals surface area contributed by atoms with Crippen LogP contribution >= 0.6 is 0 Å². The number of benzene rings is 1. The minimum absolute atomic E-state index is 0.0322. The summed E-state index contributed by atoms with van der Waals surface area (Å²) >= 11 is 0. The Balaban J connectivity index is 1.84. The second kappa shape index (κ2) is 7.73. The normalized spacial score (nSPS) is 12.2. The average Bonchev–Trinajstić information content (AvgIpc) is 3.22. The van der Waals surface area contributed by atoms with Crippen LogP contribution < -0.4 is 5.32 Å². The fourth-order valence-corrected chi connectivity index (χ4v) is 2.88. The van der Waals surface area contributed by atoms with Gasteiger partial charge in [-0.3, -0.25) is 4.79 Å². The van der Waals surface area contributed by atoms with E-state index < -0.39 is 0 Å². The molecule has 2 aromatic heterocycles. The van der Waals surface area contributed by atoms with Crippen LogP contribution in [0, 0.1) is 19.7 Å². The van der Waals surface area contributed by atoms with Crippen LogP contribution in [0.1, 0.15) is 31.7 Å². The van der Waals surface area contributed by atoms with Crippen LogP contribution in [0.4, 0.5) is 4.39 Å². The number of nitrogens with one attached hydrogen (secondary N) is 1. The van der Waals surface area contributed by atoms with E-state index in [1.54, 1.807) is 12.1 Å². The quantitative estimate of drug-likeness (QED) is 0.715. The lowest BCUT2D eigenvalue weighted by molar-refractivity contribution is -0.122. The summed E-state index contributed by atoms with van der Waals surface area (Å²) in [4.78, 5) is 16.7. The van der Waals surface area contributed by atoms with Crippen molar-refractivity contribution in [3.8, 4) is 22.8 Å². The van der Waals surface area contributed by atoms with Gasteiger partial charge >= 0.3 is 0 Å². The van der Waals surface area contributed by atoms with Gasteiger partial charge in [0.25, 0.3) is 5.89 Å². The highest BCUT2D eigenvalue weighted by molar-refractivity contribution is 5.76. The molecule has 7 heteroatoms. The van der Waals surface area contributed by atoms with E-state index in [0.29, 0.717) is 17.3 Å². The molecule has 1 amide bonds. The standard InChI is InChI=1S/C20H23FN4O2/c1-5-12(2)22-18(26)11-25-13(3)10-17(14(25)4)20-23-19(24-27-20)15-6-8-16(21)9-7-15/h6-10,12H,5,11H2,1-4H3,(H,22,26)/t12-/m0/s1. The number of carbonyl (C=O) groups excluding carboxylic acids is 1. The molecule has 0 aliphatic carbocycles. The zero-order chi connectivity index (χ0) is 19.6. The largest absolute Gasteiger partial charge is 0.352 e. The average molecular weight is 370 g/mol. The Morgan fingerprint density at radius 1 is 1.30 bits per heavy atom. The van der Waals surface area contributed by atoms with E-state index in [1.165, 1.54) is 12.1 Å². The SMILES string of the molecule is CC[C@H](C)NC(=O)Cn1c(C)cc(-c2nc(-c3ccc(F)cc3)no2)c1C. The van der Waals surface area contributed by atoms with Crippen molar-refractivity contribution in [3.05, 3.63) is 47.5 Å². The Labute approximate surface area is 157 Å². The summed E-state index contributed by atoms with van der Waals surface area (Å²) in [7, 11) is 0. The summed E-state index contributed by atoms with van der Waals surface area (Å²) in [5.74, 6) is 0.414. The van der Waals surface area contributed by atoms with E-state index >= 15 is 0 Å². The van der Waals surface area contributed by atoms with Gasteiger partial charge < -0.3 is 14.4 Å². The van der Waals surface area contributed by atoms with E-state index in [1.807, 2.05) is 38.3 Å². The lowest BCUT2D eigenvalue weighted by Crippen LogP contribution is -2.35. The maximum atomic E-state index is 13.1. The van der Waals surface area contributed by atoms with E-state index in [9.17, 15) is 9.18 Å². The van der Waals surface area contributed by atoms with Crippen molar-refractivity contribution in [1.29, 1.82) is 0 Å². The minimum atomic E-state index is -0.318. The highest BCUT2D eigenvalue weighted by Gasteiger charge is 2.19. The van der Waals surface area contributed by atoms with Crippen molar-refractivity contribution in [3.63, 3.8) is 0 Å². The molecule has 1 aromatic carbocycles. The third-order valence-electron chi connectivity index (χ3n) is 4.65. The Bertz CT molecular complexity index is 944. The minimum Gasteiger partial charge on any atom is -0.352 e. The molecule has 1 atom stereocenters. The molecule has 3 aromatic rings. The molecule has 0 saturated carbocycles. The van der Waals surface area contributed by atoms with Crippen molar-refractivity contribution < 1.29 is 13.7 Å². The van der Waals surface area contributed by atoms with E-state index in [-0.39, 0.29) is 24.3 Å². The second-order valence-electron chi connectivity index (χ2n) is 6.68. The maximum Gasteiger partial charge on any atom is 0.260 e. The van der Waals surface area contributed by atoms with E-state index in [0.717, 1.165) is 23.4 Å². The molecule has 6 nitrogen and oxygen atoms in total. The van der Waals surface area contributed by atoms with Gasteiger partial charge in [-0.2, -0.15) is 4.98 Å². The smallest absolute Gasteiger partial charge is 0.260 e. The van der Waals surface area contributed by atoms with Crippen LogP contribution in [-0.4, -0.2) is 26.7 Å². The molecule has 3 rings (SSSR count). The first-order valence-corrected chi connectivity index (χ1v) is 8.95. The number of carbonyl (C=O) groups is 1. The fraction of sp³-hybridized carbons (Fsp3) is 0.350. The number of amides is 1. The van der Waals surface area contributed by atoms with Crippen molar-refractivity contribution in [2.24, 2.45) is 0 Å². The molecule has 0 saturated heterocycles. The third-order valence-corrected chi connectivity index (χ3v) is 4.65. The van der Waals surface area contributed by atoms with Gasteiger partial charge in [-0.15, -0.1) is 0 Å². The van der Waals surface area contributed by atoms with Crippen LogP contribution in [0.15, 0.2) is 34.9 Å². The highest BCUT2D eigenvalue weighted by atomic mass is 19.1. The van der Waals surface area contributed by atoms with Crippen molar-refractivity contribution >= 4 is 5.91 Å². The number of hydrogen-bond donors (Lipinski definition) is 1. The van der Waals surface area contributed by atoms with E-state index in [4.69, 9.17) is 4.52 Å². The predicted octanol–water partition coefficient (Wildman–Crippen LogP) is 3.88. The number of aryl methyl sites for hydroxylation is 1. The van der Waals surface area contributed by atoms with Gasteiger partial charge in [0.05, 0.1) is 5.56 Å². The van der Waals surface area contributed by atoms with Crippen LogP contribution in [0.25, 0.3) is 22.8 Å². The predicted molar refractivity (Wildman–Crippen MR) is 100 cm³/mol. The lowest BCUT2D eigenvalue weighted by Gasteiger charge is -2.14. The van der Waals surface area contributed by atoms with Gasteiger partial charge in [-0.25, -0.2) is 4.39 Å². The Morgan fingerprint density at radius 2 is 2.00 bits per heavy atom. The summed E-state index contributed by atoms with van der Waals surface area (Å²) in [6.07, 6.45) is 0.884. The van der Waals surface area contributed by atoms with Gasteiger partial charge in [0.2, 0.25) is 11.7 Å². The van der Waals surface area contributed by atoms with Gasteiger partial charge in [0, 0.05) is 23.0 Å². The summed E-state index contributed by atoms with van der Waals surface area (Å²) in [5, 5.41) is 6.96. The van der Waals surface area contributed by atoms with Crippen molar-refractivity contribution in [2.45, 2.75) is 46.7 Å². The zero-order valence-electron chi connectivity index (χ0n) is 15.9. The fourth-order valence-electron chi connectivity index (χ4n) is 2.88. The summed E-state index contributed by atoms with van der Waals surface area (Å²) in [6.45, 7) is 8.10. The number of rotatable bonds is 6. The molecule has 0 spiro atoms. The zero-order valence-corrected chi connectivity index (χ0v) is 15.9. The molecule has 27 heavy (non-hydrogen) atoms. The molecule has 2 heterocycles. The number of hydrogen-bond acceptors (Lipinski definition) is 4. The third kappa shape index (κ3) is 4.07. The van der Waals surface area contributed by atoms with Gasteiger partial charge in [0.1, 0.15) is 12.4 Å². The molecule has 0 aliphatic heterocycles. The second-order valence-corrected chi connectivity index (χ2v) is 6.68. The number of nitrogens with zero attached hydrogens (tertiary/aromatic N) is 3. The first-order valence-electron chi connectivity index (χ1n) is 8.95. The van der Waals surface area contributed by atoms with Crippen LogP contribution in [0.3, 0.4) is 0 Å². The summed E-state index contributed by atoms with van der Waals surface area (Å²) in [5.41, 5.74) is 3.27. The molecule has 0 unspecified atom stereocenters. The Hall–Kier alpha value is -2.96. The van der Waals surface area contributed by atoms with Gasteiger partial charge in [-0.1, -0.05) is 12.1 Å². The lowest BCUT2D eigenvalue weighted by atomic mass is 10.2. The van der Waals surface area contributed by atoms with Crippen LogP contribution in [0.2, 0.25) is 0 Å². The summed E-state index contributed by atoms with van der Waals surface area (Å²) < 4.78 is 20.4. The maximum absolute atomic E-state index is 13.1. The number of halogens is 1. The molecular formula is C20H23FN4O2. The van der Waals surface area contributed by atoms with Crippen LogP contribution in [0.5, 0.6) is 0 Å². The molecule has 142 valence electrons. The molecule has 0 radical (unpaired) electrons. The Morgan fingerprint density at radius 3 is 2.67 bits per heavy atom. The Kier molecular flexibility index (Phi) is 5.39. The van der Waals surface area contributed by atoms with Gasteiger partial charge in [-0.05, 0) is 57.5 Å². The van der Waals surface area contributed by atoms with Crippen molar-refractivity contribution in [1.82, 2.24) is 20.0 Å². The topological polar surface area (TPSA) is 73.0 Å².